The molecular formula is C25H26N2O5. The third kappa shape index (κ3) is 3.80. The number of carbonyl (C=O) groups is 1. The Hall–Kier alpha value is -3.45. The summed E-state index contributed by atoms with van der Waals surface area (Å²) < 4.78 is 24.3. The number of hydrogen-bond acceptors (Lipinski definition) is 6. The van der Waals surface area contributed by atoms with E-state index in [1.54, 1.807) is 0 Å². The predicted octanol–water partition coefficient (Wildman–Crippen LogP) is 3.91. The average Bonchev–Trinajstić information content (AvgIpc) is 3.36. The van der Waals surface area contributed by atoms with Gasteiger partial charge in [0.2, 0.25) is 6.79 Å². The third-order valence-electron chi connectivity index (χ3n) is 5.82. The van der Waals surface area contributed by atoms with E-state index in [-0.39, 0.29) is 12.6 Å². The minimum Gasteiger partial charge on any atom is -0.486 e. The van der Waals surface area contributed by atoms with Crippen LogP contribution in [-0.2, 0) is 6.54 Å². The van der Waals surface area contributed by atoms with E-state index in [0.29, 0.717) is 26.3 Å². The molecule has 0 N–H and O–H groups in total. The predicted molar refractivity (Wildman–Crippen MR) is 119 cm³/mol. The van der Waals surface area contributed by atoms with Gasteiger partial charge in [-0.05, 0) is 56.8 Å². The molecule has 7 nitrogen and oxygen atoms in total. The second-order valence-corrected chi connectivity index (χ2v) is 8.23. The minimum absolute atomic E-state index is 0.0881. The standard InChI is InChI=1S/C25H26N2O5/c1-16-10-20(17(2)27(16)19-5-7-22-25(12-19)30-9-8-29-22)21(28)14-26(3)13-18-4-6-23-24(11-18)32-15-31-23/h4-7,10-12H,8-9,13-15H2,1-3H3. The van der Waals surface area contributed by atoms with E-state index in [1.807, 2.05) is 68.3 Å². The molecule has 0 spiro atoms. The number of likely N-dealkylation sites (N-methyl/N-ethyl adjacent to an activating group) is 1. The fraction of sp³-hybridized carbons (Fsp3) is 0.320. The van der Waals surface area contributed by atoms with E-state index >= 15 is 0 Å². The van der Waals surface area contributed by atoms with Crippen LogP contribution < -0.4 is 18.9 Å². The van der Waals surface area contributed by atoms with Gasteiger partial charge >= 0.3 is 0 Å². The Morgan fingerprint density at radius 3 is 2.44 bits per heavy atom. The van der Waals surface area contributed by atoms with Gasteiger partial charge in [0.15, 0.2) is 28.8 Å². The zero-order valence-corrected chi connectivity index (χ0v) is 18.5. The summed E-state index contributed by atoms with van der Waals surface area (Å²) in [6, 6.07) is 13.7. The third-order valence-corrected chi connectivity index (χ3v) is 5.82. The lowest BCUT2D eigenvalue weighted by Crippen LogP contribution is -2.26. The lowest BCUT2D eigenvalue weighted by molar-refractivity contribution is 0.0942. The van der Waals surface area contributed by atoms with Crippen LogP contribution >= 0.6 is 0 Å². The van der Waals surface area contributed by atoms with Gasteiger partial charge in [0.25, 0.3) is 0 Å². The van der Waals surface area contributed by atoms with Gasteiger partial charge in [-0.3, -0.25) is 9.69 Å². The average molecular weight is 434 g/mol. The molecule has 7 heteroatoms. The van der Waals surface area contributed by atoms with Crippen molar-refractivity contribution in [2.75, 3.05) is 33.6 Å². The maximum absolute atomic E-state index is 13.1. The molecule has 0 unspecified atom stereocenters. The highest BCUT2D eigenvalue weighted by Crippen LogP contribution is 2.34. The number of ether oxygens (including phenoxy) is 4. The summed E-state index contributed by atoms with van der Waals surface area (Å²) in [5, 5.41) is 0. The molecule has 0 bridgehead atoms. The van der Waals surface area contributed by atoms with E-state index in [9.17, 15) is 4.79 Å². The smallest absolute Gasteiger partial charge is 0.231 e. The number of hydrogen-bond donors (Lipinski definition) is 0. The van der Waals surface area contributed by atoms with Crippen LogP contribution in [0.2, 0.25) is 0 Å². The highest BCUT2D eigenvalue weighted by molar-refractivity contribution is 5.99. The summed E-state index contributed by atoms with van der Waals surface area (Å²) in [6.45, 7) is 6.31. The molecule has 0 aliphatic carbocycles. The van der Waals surface area contributed by atoms with Gasteiger partial charge in [0, 0.05) is 35.2 Å². The Kier molecular flexibility index (Phi) is 5.27. The number of nitrogens with zero attached hydrogens (tertiary/aromatic N) is 2. The summed E-state index contributed by atoms with van der Waals surface area (Å²) in [5.41, 5.74) is 4.68. The Balaban J connectivity index is 1.32. The van der Waals surface area contributed by atoms with E-state index in [0.717, 1.165) is 51.2 Å². The first-order valence-electron chi connectivity index (χ1n) is 10.7. The molecule has 3 aromatic rings. The molecule has 1 aromatic heterocycles. The van der Waals surface area contributed by atoms with Gasteiger partial charge in [-0.2, -0.15) is 0 Å². The van der Waals surface area contributed by atoms with Crippen molar-refractivity contribution in [1.82, 2.24) is 9.47 Å². The summed E-state index contributed by atoms with van der Waals surface area (Å²) >= 11 is 0. The maximum atomic E-state index is 13.1. The Morgan fingerprint density at radius 2 is 1.59 bits per heavy atom. The first-order chi connectivity index (χ1) is 15.5. The maximum Gasteiger partial charge on any atom is 0.231 e. The molecule has 5 rings (SSSR count). The normalized spacial score (nSPS) is 14.1. The fourth-order valence-electron chi connectivity index (χ4n) is 4.35. The van der Waals surface area contributed by atoms with Crippen LogP contribution in [-0.4, -0.2) is 48.8 Å². The molecule has 32 heavy (non-hydrogen) atoms. The van der Waals surface area contributed by atoms with Crippen molar-refractivity contribution in [2.24, 2.45) is 0 Å². The lowest BCUT2D eigenvalue weighted by Gasteiger charge is -2.20. The number of aryl methyl sites for hydroxylation is 1. The molecule has 0 amide bonds. The van der Waals surface area contributed by atoms with Crippen molar-refractivity contribution in [2.45, 2.75) is 20.4 Å². The second-order valence-electron chi connectivity index (χ2n) is 8.23. The van der Waals surface area contributed by atoms with Crippen LogP contribution in [0.1, 0.15) is 27.3 Å². The Morgan fingerprint density at radius 1 is 0.906 bits per heavy atom. The minimum atomic E-state index is 0.0881. The summed E-state index contributed by atoms with van der Waals surface area (Å²) in [6.07, 6.45) is 0. The molecule has 2 aliphatic rings. The van der Waals surface area contributed by atoms with Crippen molar-refractivity contribution in [1.29, 1.82) is 0 Å². The Bertz CT molecular complexity index is 1180. The van der Waals surface area contributed by atoms with Crippen molar-refractivity contribution < 1.29 is 23.7 Å². The molecule has 0 saturated heterocycles. The van der Waals surface area contributed by atoms with Crippen molar-refractivity contribution in [3.63, 3.8) is 0 Å². The van der Waals surface area contributed by atoms with E-state index in [1.165, 1.54) is 0 Å². The molecule has 0 radical (unpaired) electrons. The fourth-order valence-corrected chi connectivity index (χ4v) is 4.35. The number of benzene rings is 2. The molecule has 0 fully saturated rings. The van der Waals surface area contributed by atoms with Crippen LogP contribution in [0, 0.1) is 13.8 Å². The molecule has 0 saturated carbocycles. The quantitative estimate of drug-likeness (QED) is 0.549. The van der Waals surface area contributed by atoms with Crippen LogP contribution in [0.5, 0.6) is 23.0 Å². The van der Waals surface area contributed by atoms with E-state index in [4.69, 9.17) is 18.9 Å². The Labute approximate surface area is 187 Å². The van der Waals surface area contributed by atoms with Gasteiger partial charge in [0.05, 0.1) is 6.54 Å². The molecular weight excluding hydrogens is 408 g/mol. The molecule has 2 aliphatic heterocycles. The van der Waals surface area contributed by atoms with Crippen LogP contribution in [0.15, 0.2) is 42.5 Å². The van der Waals surface area contributed by atoms with Gasteiger partial charge in [0.1, 0.15) is 13.2 Å². The number of Topliss-reactive ketones (excluding diaryl/α,β-unsaturated/α-hetero) is 1. The number of ketones is 1. The largest absolute Gasteiger partial charge is 0.486 e. The van der Waals surface area contributed by atoms with Gasteiger partial charge in [-0.15, -0.1) is 0 Å². The first kappa shape index (κ1) is 20.5. The highest BCUT2D eigenvalue weighted by Gasteiger charge is 2.20. The van der Waals surface area contributed by atoms with Crippen LogP contribution in [0.25, 0.3) is 5.69 Å². The van der Waals surface area contributed by atoms with Crippen molar-refractivity contribution in [3.05, 3.63) is 65.0 Å². The lowest BCUT2D eigenvalue weighted by atomic mass is 10.1. The monoisotopic (exact) mass is 434 g/mol. The summed E-state index contributed by atoms with van der Waals surface area (Å²) in [7, 11) is 1.95. The van der Waals surface area contributed by atoms with Gasteiger partial charge < -0.3 is 23.5 Å². The number of aromatic nitrogens is 1. The topological polar surface area (TPSA) is 62.2 Å². The molecule has 3 heterocycles. The zero-order valence-electron chi connectivity index (χ0n) is 18.5. The molecule has 2 aromatic carbocycles. The van der Waals surface area contributed by atoms with E-state index in [2.05, 4.69) is 4.57 Å². The summed E-state index contributed by atoms with van der Waals surface area (Å²) in [4.78, 5) is 15.1. The van der Waals surface area contributed by atoms with Crippen LogP contribution in [0.3, 0.4) is 0 Å². The van der Waals surface area contributed by atoms with Crippen molar-refractivity contribution in [3.8, 4) is 28.7 Å². The van der Waals surface area contributed by atoms with Crippen molar-refractivity contribution >= 4 is 5.78 Å². The zero-order chi connectivity index (χ0) is 22.2. The number of rotatable bonds is 6. The first-order valence-corrected chi connectivity index (χ1v) is 10.7. The molecule has 166 valence electrons. The summed E-state index contributed by atoms with van der Waals surface area (Å²) in [5.74, 6) is 3.09. The van der Waals surface area contributed by atoms with E-state index < -0.39 is 0 Å². The van der Waals surface area contributed by atoms with Gasteiger partial charge in [-0.1, -0.05) is 6.07 Å². The second kappa shape index (κ2) is 8.24. The molecule has 0 atom stereocenters. The highest BCUT2D eigenvalue weighted by atomic mass is 16.7. The van der Waals surface area contributed by atoms with Gasteiger partial charge in [-0.25, -0.2) is 0 Å². The SMILES string of the molecule is Cc1cc(C(=O)CN(C)Cc2ccc3c(c2)OCO3)c(C)n1-c1ccc2c(c1)OCCO2. The number of carbonyl (C=O) groups excluding carboxylic acids is 1. The van der Waals surface area contributed by atoms with Crippen LogP contribution in [0.4, 0.5) is 0 Å². The number of fused-ring (bicyclic) bond motifs is 2.